The molecule has 0 aliphatic heterocycles. The van der Waals surface area contributed by atoms with Gasteiger partial charge >= 0.3 is 0 Å². The number of nitrogens with zero attached hydrogens (tertiary/aromatic N) is 3. The third-order valence-corrected chi connectivity index (χ3v) is 1.92. The Morgan fingerprint density at radius 3 is 2.79 bits per heavy atom. The van der Waals surface area contributed by atoms with Gasteiger partial charge in [-0.2, -0.15) is 5.10 Å². The Kier molecular flexibility index (Phi) is 3.53. The Morgan fingerprint density at radius 1 is 1.57 bits per heavy atom. The van der Waals surface area contributed by atoms with Gasteiger partial charge in [0.15, 0.2) is 5.11 Å². The molecule has 1 aromatic heterocycles. The lowest BCUT2D eigenvalue weighted by molar-refractivity contribution is 0.548. The van der Waals surface area contributed by atoms with Crippen molar-refractivity contribution < 1.29 is 0 Å². The maximum atomic E-state index is 5.39. The van der Waals surface area contributed by atoms with Crippen LogP contribution >= 0.6 is 12.2 Å². The van der Waals surface area contributed by atoms with Gasteiger partial charge < -0.3 is 5.73 Å². The van der Waals surface area contributed by atoms with Crippen molar-refractivity contribution in [3.05, 3.63) is 30.1 Å². The predicted molar refractivity (Wildman–Crippen MR) is 61.0 cm³/mol. The van der Waals surface area contributed by atoms with E-state index in [-0.39, 0.29) is 5.11 Å². The van der Waals surface area contributed by atoms with E-state index in [0.717, 1.165) is 11.4 Å². The predicted octanol–water partition coefficient (Wildman–Crippen LogP) is 0.981. The van der Waals surface area contributed by atoms with Gasteiger partial charge in [0.1, 0.15) is 0 Å². The van der Waals surface area contributed by atoms with E-state index >= 15 is 0 Å². The molecule has 0 bridgehead atoms. The van der Waals surface area contributed by atoms with Crippen LogP contribution < -0.4 is 5.73 Å². The summed E-state index contributed by atoms with van der Waals surface area (Å²) in [7, 11) is 1.70. The fourth-order valence-electron chi connectivity index (χ4n) is 0.902. The van der Waals surface area contributed by atoms with Crippen LogP contribution in [0.25, 0.3) is 0 Å². The Morgan fingerprint density at radius 2 is 2.29 bits per heavy atom. The monoisotopic (exact) mass is 208 g/mol. The first-order valence-electron chi connectivity index (χ1n) is 4.11. The van der Waals surface area contributed by atoms with Crippen LogP contribution in [0.15, 0.2) is 29.5 Å². The lowest BCUT2D eigenvalue weighted by Gasteiger charge is -2.10. The molecule has 0 aliphatic carbocycles. The van der Waals surface area contributed by atoms with Crippen LogP contribution in [0, 0.1) is 0 Å². The van der Waals surface area contributed by atoms with Crippen molar-refractivity contribution in [3.8, 4) is 0 Å². The first-order valence-corrected chi connectivity index (χ1v) is 4.52. The van der Waals surface area contributed by atoms with Crippen molar-refractivity contribution in [1.29, 1.82) is 0 Å². The van der Waals surface area contributed by atoms with Crippen LogP contribution in [0.4, 0.5) is 0 Å². The highest BCUT2D eigenvalue weighted by molar-refractivity contribution is 7.80. The number of hydrazone groups is 1. The molecule has 0 aromatic carbocycles. The zero-order valence-electron chi connectivity index (χ0n) is 8.14. The molecule has 0 saturated carbocycles. The Hall–Kier alpha value is -1.49. The topological polar surface area (TPSA) is 54.5 Å². The van der Waals surface area contributed by atoms with Crippen LogP contribution in [0.2, 0.25) is 0 Å². The van der Waals surface area contributed by atoms with Gasteiger partial charge in [0.2, 0.25) is 0 Å². The summed E-state index contributed by atoms with van der Waals surface area (Å²) in [6, 6.07) is 5.64. The molecular weight excluding hydrogens is 196 g/mol. The summed E-state index contributed by atoms with van der Waals surface area (Å²) in [4.78, 5) is 4.15. The highest BCUT2D eigenvalue weighted by Gasteiger charge is 2.00. The average molecular weight is 208 g/mol. The van der Waals surface area contributed by atoms with Crippen molar-refractivity contribution >= 4 is 23.0 Å². The van der Waals surface area contributed by atoms with Gasteiger partial charge in [0.05, 0.1) is 11.4 Å². The molecule has 5 heteroatoms. The molecule has 74 valence electrons. The fourth-order valence-corrected chi connectivity index (χ4v) is 0.943. The summed E-state index contributed by atoms with van der Waals surface area (Å²) < 4.78 is 0. The van der Waals surface area contributed by atoms with Gasteiger partial charge in [-0.3, -0.25) is 4.98 Å². The minimum absolute atomic E-state index is 0.236. The Bertz CT molecular complexity index is 347. The molecule has 0 saturated heterocycles. The van der Waals surface area contributed by atoms with Crippen LogP contribution in [0.1, 0.15) is 12.6 Å². The molecule has 0 fully saturated rings. The Labute approximate surface area is 88.4 Å². The molecule has 0 radical (unpaired) electrons. The summed E-state index contributed by atoms with van der Waals surface area (Å²) in [6.45, 7) is 1.86. The molecule has 1 heterocycles. The largest absolute Gasteiger partial charge is 0.375 e. The highest BCUT2D eigenvalue weighted by Crippen LogP contribution is 1.97. The summed E-state index contributed by atoms with van der Waals surface area (Å²) in [6.07, 6.45) is 1.72. The van der Waals surface area contributed by atoms with Crippen molar-refractivity contribution in [2.45, 2.75) is 6.92 Å². The van der Waals surface area contributed by atoms with E-state index < -0.39 is 0 Å². The number of rotatable bonds is 2. The standard InChI is InChI=1S/C9H12N4S/c1-7(12-13(2)9(10)14)8-5-3-4-6-11-8/h3-6H,1-2H3,(H2,10,14). The van der Waals surface area contributed by atoms with E-state index in [1.165, 1.54) is 5.01 Å². The summed E-state index contributed by atoms with van der Waals surface area (Å²) in [5.41, 5.74) is 6.99. The third-order valence-electron chi connectivity index (χ3n) is 1.65. The van der Waals surface area contributed by atoms with Gasteiger partial charge in [-0.15, -0.1) is 0 Å². The van der Waals surface area contributed by atoms with Gasteiger partial charge in [-0.05, 0) is 31.3 Å². The lowest BCUT2D eigenvalue weighted by Crippen LogP contribution is -2.28. The van der Waals surface area contributed by atoms with E-state index in [1.807, 2.05) is 25.1 Å². The Balaban J connectivity index is 2.85. The second kappa shape index (κ2) is 4.66. The SMILES string of the molecule is CC(=NN(C)C(N)=S)c1ccccn1. The minimum atomic E-state index is 0.236. The van der Waals surface area contributed by atoms with E-state index in [0.29, 0.717) is 0 Å². The van der Waals surface area contributed by atoms with Gasteiger partial charge in [0, 0.05) is 13.2 Å². The van der Waals surface area contributed by atoms with Crippen LogP contribution in [-0.2, 0) is 0 Å². The van der Waals surface area contributed by atoms with Crippen molar-refractivity contribution in [2.24, 2.45) is 10.8 Å². The number of hydrogen-bond donors (Lipinski definition) is 1. The van der Waals surface area contributed by atoms with Gasteiger partial charge in [0.25, 0.3) is 0 Å². The number of nitrogens with two attached hydrogens (primary N) is 1. The molecule has 0 spiro atoms. The number of hydrogen-bond acceptors (Lipinski definition) is 3. The zero-order chi connectivity index (χ0) is 10.6. The minimum Gasteiger partial charge on any atom is -0.375 e. The fraction of sp³-hybridized carbons (Fsp3) is 0.222. The van der Waals surface area contributed by atoms with Crippen LogP contribution in [0.3, 0.4) is 0 Å². The summed E-state index contributed by atoms with van der Waals surface area (Å²) >= 11 is 4.76. The normalized spacial score (nSPS) is 11.1. The lowest BCUT2D eigenvalue weighted by atomic mass is 10.3. The second-order valence-corrected chi connectivity index (χ2v) is 3.18. The molecule has 1 aromatic rings. The summed E-state index contributed by atoms with van der Waals surface area (Å²) in [5, 5.41) is 5.85. The maximum Gasteiger partial charge on any atom is 0.186 e. The second-order valence-electron chi connectivity index (χ2n) is 2.76. The number of thiocarbonyl (C=S) groups is 1. The van der Waals surface area contributed by atoms with E-state index in [1.54, 1.807) is 13.2 Å². The van der Waals surface area contributed by atoms with E-state index in [4.69, 9.17) is 18.0 Å². The zero-order valence-corrected chi connectivity index (χ0v) is 8.95. The summed E-state index contributed by atoms with van der Waals surface area (Å²) in [5.74, 6) is 0. The quantitative estimate of drug-likeness (QED) is 0.447. The molecule has 1 rings (SSSR count). The molecule has 0 amide bonds. The molecule has 0 atom stereocenters. The third kappa shape index (κ3) is 2.77. The van der Waals surface area contributed by atoms with Crippen LogP contribution in [0.5, 0.6) is 0 Å². The smallest absolute Gasteiger partial charge is 0.186 e. The number of pyridine rings is 1. The first kappa shape index (κ1) is 10.6. The first-order chi connectivity index (χ1) is 6.61. The molecule has 4 nitrogen and oxygen atoms in total. The molecule has 14 heavy (non-hydrogen) atoms. The van der Waals surface area contributed by atoms with Crippen molar-refractivity contribution in [1.82, 2.24) is 9.99 Å². The van der Waals surface area contributed by atoms with Crippen molar-refractivity contribution in [2.75, 3.05) is 7.05 Å². The van der Waals surface area contributed by atoms with E-state index in [2.05, 4.69) is 10.1 Å². The average Bonchev–Trinajstić information content (AvgIpc) is 2.19. The van der Waals surface area contributed by atoms with E-state index in [9.17, 15) is 0 Å². The highest BCUT2D eigenvalue weighted by atomic mass is 32.1. The van der Waals surface area contributed by atoms with Crippen molar-refractivity contribution in [3.63, 3.8) is 0 Å². The van der Waals surface area contributed by atoms with Gasteiger partial charge in [-0.25, -0.2) is 5.01 Å². The number of aromatic nitrogens is 1. The maximum absolute atomic E-state index is 5.39. The molecule has 2 N–H and O–H groups in total. The van der Waals surface area contributed by atoms with Crippen LogP contribution in [-0.4, -0.2) is 27.9 Å². The van der Waals surface area contributed by atoms with Gasteiger partial charge in [-0.1, -0.05) is 6.07 Å². The molecular formula is C9H12N4S. The molecule has 0 unspecified atom stereocenters. The molecule has 0 aliphatic rings.